The fourth-order valence-electron chi connectivity index (χ4n) is 2.22. The van der Waals surface area contributed by atoms with Crippen molar-refractivity contribution in [2.45, 2.75) is 25.9 Å². The number of non-ortho nitro benzene ring substituents is 1. The second kappa shape index (κ2) is 9.60. The number of hydrogen-bond acceptors (Lipinski definition) is 8. The van der Waals surface area contributed by atoms with Crippen molar-refractivity contribution in [1.29, 1.82) is 0 Å². The third-order valence-electron chi connectivity index (χ3n) is 3.68. The van der Waals surface area contributed by atoms with Gasteiger partial charge in [-0.3, -0.25) is 24.5 Å². The Morgan fingerprint density at radius 3 is 2.61 bits per heavy atom. The van der Waals surface area contributed by atoms with E-state index >= 15 is 0 Å². The molecule has 2 aromatic rings. The summed E-state index contributed by atoms with van der Waals surface area (Å²) in [6, 6.07) is 7.12. The van der Waals surface area contributed by atoms with E-state index in [1.54, 1.807) is 17.5 Å². The zero-order valence-electron chi connectivity index (χ0n) is 15.2. The van der Waals surface area contributed by atoms with E-state index in [2.05, 4.69) is 5.32 Å². The summed E-state index contributed by atoms with van der Waals surface area (Å²) in [6.45, 7) is 1.38. The molecular formula is C18H18N2O7S. The molecule has 2 rings (SSSR count). The van der Waals surface area contributed by atoms with E-state index in [0.717, 1.165) is 0 Å². The lowest BCUT2D eigenvalue weighted by molar-refractivity contribution is -0.384. The van der Waals surface area contributed by atoms with Crippen LogP contribution in [-0.4, -0.2) is 35.8 Å². The second-order valence-electron chi connectivity index (χ2n) is 5.66. The van der Waals surface area contributed by atoms with Gasteiger partial charge in [-0.05, 0) is 24.4 Å². The number of rotatable bonds is 9. The molecule has 0 aliphatic heterocycles. The number of nitro groups is 1. The number of thiophene rings is 1. The normalized spacial score (nSPS) is 11.4. The summed E-state index contributed by atoms with van der Waals surface area (Å²) < 4.78 is 10.1. The van der Waals surface area contributed by atoms with Gasteiger partial charge in [0.25, 0.3) is 11.6 Å². The molecule has 1 atom stereocenters. The molecule has 1 N–H and O–H groups in total. The highest BCUT2D eigenvalue weighted by atomic mass is 32.1. The average Bonchev–Trinajstić information content (AvgIpc) is 3.21. The number of methoxy groups -OCH3 is 1. The van der Waals surface area contributed by atoms with Gasteiger partial charge in [0, 0.05) is 12.5 Å². The zero-order valence-corrected chi connectivity index (χ0v) is 16.0. The molecule has 0 radical (unpaired) electrons. The van der Waals surface area contributed by atoms with Gasteiger partial charge in [0.05, 0.1) is 35.1 Å². The van der Waals surface area contributed by atoms with Crippen LogP contribution in [0, 0.1) is 10.1 Å². The molecule has 0 saturated carbocycles. The molecule has 0 bridgehead atoms. The number of hydrogen-bond donors (Lipinski definition) is 1. The summed E-state index contributed by atoms with van der Waals surface area (Å²) in [4.78, 5) is 46.7. The maximum atomic E-state index is 12.2. The molecule has 28 heavy (non-hydrogen) atoms. The lowest BCUT2D eigenvalue weighted by atomic mass is 10.2. The summed E-state index contributed by atoms with van der Waals surface area (Å²) in [5.41, 5.74) is 0.0126. The number of nitro benzene ring substituents is 1. The van der Waals surface area contributed by atoms with Gasteiger partial charge < -0.3 is 14.8 Å². The highest BCUT2D eigenvalue weighted by Crippen LogP contribution is 2.29. The van der Waals surface area contributed by atoms with Gasteiger partial charge in [-0.15, -0.1) is 11.3 Å². The van der Waals surface area contributed by atoms with Crippen LogP contribution >= 0.6 is 11.3 Å². The molecule has 0 spiro atoms. The van der Waals surface area contributed by atoms with E-state index in [0.29, 0.717) is 4.88 Å². The second-order valence-corrected chi connectivity index (χ2v) is 6.61. The van der Waals surface area contributed by atoms with Crippen LogP contribution in [0.25, 0.3) is 0 Å². The first-order valence-corrected chi connectivity index (χ1v) is 9.09. The third-order valence-corrected chi connectivity index (χ3v) is 4.59. The van der Waals surface area contributed by atoms with Crippen LogP contribution < -0.4 is 10.1 Å². The monoisotopic (exact) mass is 406 g/mol. The molecular weight excluding hydrogens is 388 g/mol. The summed E-state index contributed by atoms with van der Waals surface area (Å²) in [7, 11) is 1.31. The SMILES string of the molecule is COc1cc([N+](=O)[O-])ccc1NC(=O)[C@H](C)OC(=O)CCC(=O)c1cccs1. The number of nitrogens with one attached hydrogen (secondary N) is 1. The lowest BCUT2D eigenvalue weighted by Crippen LogP contribution is -2.30. The molecule has 0 unspecified atom stereocenters. The highest BCUT2D eigenvalue weighted by molar-refractivity contribution is 7.12. The summed E-state index contributed by atoms with van der Waals surface area (Å²) >= 11 is 1.29. The maximum Gasteiger partial charge on any atom is 0.307 e. The van der Waals surface area contributed by atoms with Crippen molar-refractivity contribution in [3.05, 3.63) is 50.7 Å². The number of Topliss-reactive ketones (excluding diaryl/α,β-unsaturated/α-hetero) is 1. The topological polar surface area (TPSA) is 125 Å². The lowest BCUT2D eigenvalue weighted by Gasteiger charge is -2.15. The fraction of sp³-hybridized carbons (Fsp3) is 0.278. The Balaban J connectivity index is 1.89. The number of ketones is 1. The van der Waals surface area contributed by atoms with Gasteiger partial charge in [0.2, 0.25) is 0 Å². The minimum absolute atomic E-state index is 0.0101. The van der Waals surface area contributed by atoms with Crippen LogP contribution in [0.4, 0.5) is 11.4 Å². The molecule has 1 heterocycles. The summed E-state index contributed by atoms with van der Waals surface area (Å²) in [6.07, 6.45) is -1.27. The van der Waals surface area contributed by atoms with Gasteiger partial charge >= 0.3 is 5.97 Å². The number of anilines is 1. The quantitative estimate of drug-likeness (QED) is 0.293. The third kappa shape index (κ3) is 5.61. The number of esters is 1. The van der Waals surface area contributed by atoms with E-state index in [9.17, 15) is 24.5 Å². The predicted molar refractivity (Wildman–Crippen MR) is 102 cm³/mol. The fourth-order valence-corrected chi connectivity index (χ4v) is 2.91. The zero-order chi connectivity index (χ0) is 20.7. The van der Waals surface area contributed by atoms with Crippen molar-refractivity contribution in [1.82, 2.24) is 0 Å². The Labute approximate surface area is 164 Å². The van der Waals surface area contributed by atoms with E-state index in [1.165, 1.54) is 43.6 Å². The molecule has 10 heteroatoms. The largest absolute Gasteiger partial charge is 0.494 e. The summed E-state index contributed by atoms with van der Waals surface area (Å²) in [5, 5.41) is 15.1. The highest BCUT2D eigenvalue weighted by Gasteiger charge is 2.21. The first-order valence-electron chi connectivity index (χ1n) is 8.21. The van der Waals surface area contributed by atoms with Crippen molar-refractivity contribution in [2.24, 2.45) is 0 Å². The molecule has 0 aliphatic rings. The van der Waals surface area contributed by atoms with Gasteiger partial charge in [0.15, 0.2) is 11.9 Å². The van der Waals surface area contributed by atoms with Crippen molar-refractivity contribution < 1.29 is 28.8 Å². The number of carbonyl (C=O) groups is 3. The van der Waals surface area contributed by atoms with Crippen LogP contribution in [0.5, 0.6) is 5.75 Å². The van der Waals surface area contributed by atoms with Crippen LogP contribution in [0.2, 0.25) is 0 Å². The number of nitrogens with zero attached hydrogens (tertiary/aromatic N) is 1. The van der Waals surface area contributed by atoms with Crippen LogP contribution in [0.1, 0.15) is 29.4 Å². The Kier molecular flexibility index (Phi) is 7.21. The van der Waals surface area contributed by atoms with Gasteiger partial charge in [-0.25, -0.2) is 0 Å². The number of ether oxygens (including phenoxy) is 2. The van der Waals surface area contributed by atoms with Crippen molar-refractivity contribution in [3.63, 3.8) is 0 Å². The average molecular weight is 406 g/mol. The first kappa shape index (κ1) is 21.0. The Morgan fingerprint density at radius 1 is 1.25 bits per heavy atom. The molecule has 9 nitrogen and oxygen atoms in total. The molecule has 1 amide bonds. The smallest absolute Gasteiger partial charge is 0.307 e. The maximum absolute atomic E-state index is 12.2. The van der Waals surface area contributed by atoms with E-state index in [4.69, 9.17) is 9.47 Å². The number of benzene rings is 1. The molecule has 0 aliphatic carbocycles. The molecule has 148 valence electrons. The van der Waals surface area contributed by atoms with Crippen molar-refractivity contribution in [3.8, 4) is 5.75 Å². The minimum atomic E-state index is -1.12. The minimum Gasteiger partial charge on any atom is -0.494 e. The molecule has 1 aromatic carbocycles. The Bertz CT molecular complexity index is 880. The van der Waals surface area contributed by atoms with Gasteiger partial charge in [-0.2, -0.15) is 0 Å². The molecule has 0 saturated heterocycles. The van der Waals surface area contributed by atoms with Crippen LogP contribution in [0.3, 0.4) is 0 Å². The molecule has 1 aromatic heterocycles. The predicted octanol–water partition coefficient (Wildman–Crippen LogP) is 3.20. The van der Waals surface area contributed by atoms with Gasteiger partial charge in [-0.1, -0.05) is 6.07 Å². The van der Waals surface area contributed by atoms with Crippen LogP contribution in [-0.2, 0) is 14.3 Å². The van der Waals surface area contributed by atoms with E-state index in [1.807, 2.05) is 0 Å². The molecule has 0 fully saturated rings. The van der Waals surface area contributed by atoms with Crippen molar-refractivity contribution in [2.75, 3.05) is 12.4 Å². The number of carbonyl (C=O) groups excluding carboxylic acids is 3. The summed E-state index contributed by atoms with van der Waals surface area (Å²) in [5.74, 6) is -1.38. The number of amides is 1. The van der Waals surface area contributed by atoms with Gasteiger partial charge in [0.1, 0.15) is 5.75 Å². The standard InChI is InChI=1S/C18H18N2O7S/c1-11(27-17(22)8-7-14(21)16-4-3-9-28-16)18(23)19-13-6-5-12(20(24)25)10-15(13)26-2/h3-6,9-11H,7-8H2,1-2H3,(H,19,23)/t11-/m0/s1. The van der Waals surface area contributed by atoms with Crippen molar-refractivity contribution >= 4 is 40.4 Å². The Morgan fingerprint density at radius 2 is 2.00 bits per heavy atom. The Hall–Kier alpha value is -3.27. The van der Waals surface area contributed by atoms with E-state index < -0.39 is 22.9 Å². The van der Waals surface area contributed by atoms with E-state index in [-0.39, 0.29) is 35.7 Å². The first-order chi connectivity index (χ1) is 13.3. The van der Waals surface area contributed by atoms with Crippen LogP contribution in [0.15, 0.2) is 35.7 Å².